The molecule has 1 fully saturated rings. The van der Waals surface area contributed by atoms with Crippen LogP contribution < -0.4 is 16.1 Å². The van der Waals surface area contributed by atoms with Crippen LogP contribution in [0.5, 0.6) is 0 Å². The summed E-state index contributed by atoms with van der Waals surface area (Å²) in [5.41, 5.74) is 5.37. The number of hydrogen-bond acceptors (Lipinski definition) is 4. The van der Waals surface area contributed by atoms with Gasteiger partial charge in [-0.25, -0.2) is 5.43 Å². The summed E-state index contributed by atoms with van der Waals surface area (Å²) in [7, 11) is 1.89. The van der Waals surface area contributed by atoms with Gasteiger partial charge < -0.3 is 10.6 Å². The molecule has 0 saturated carbocycles. The van der Waals surface area contributed by atoms with E-state index in [9.17, 15) is 4.79 Å². The standard InChI is InChI=1S/C14H20N4O/c1-14(2)12-9(7-11(19)17-14)8-18(15-3)13-10(12)5-4-6-16-13/h4-6,8,12-13,15-16H,7H2,1-3H3,(H,17,19). The molecule has 3 N–H and O–H groups in total. The third-order valence-corrected chi connectivity index (χ3v) is 4.05. The molecule has 0 radical (unpaired) electrons. The first-order valence-corrected chi connectivity index (χ1v) is 6.63. The highest BCUT2D eigenvalue weighted by atomic mass is 16.1. The monoisotopic (exact) mass is 260 g/mol. The van der Waals surface area contributed by atoms with Gasteiger partial charge in [-0.1, -0.05) is 6.08 Å². The average Bonchev–Trinajstić information content (AvgIpc) is 2.35. The Morgan fingerprint density at radius 1 is 1.47 bits per heavy atom. The maximum absolute atomic E-state index is 11.8. The summed E-state index contributed by atoms with van der Waals surface area (Å²) in [6, 6.07) is 0. The van der Waals surface area contributed by atoms with Crippen LogP contribution in [-0.2, 0) is 4.79 Å². The Balaban J connectivity index is 2.09. The number of fused-ring (bicyclic) bond motifs is 3. The van der Waals surface area contributed by atoms with Gasteiger partial charge in [-0.15, -0.1) is 0 Å². The van der Waals surface area contributed by atoms with Crippen LogP contribution in [0.15, 0.2) is 35.7 Å². The smallest absolute Gasteiger partial charge is 0.224 e. The first-order chi connectivity index (χ1) is 9.03. The highest BCUT2D eigenvalue weighted by molar-refractivity contribution is 5.81. The predicted molar refractivity (Wildman–Crippen MR) is 73.5 cm³/mol. The summed E-state index contributed by atoms with van der Waals surface area (Å²) in [4.78, 5) is 11.8. The number of hydrogen-bond donors (Lipinski definition) is 3. The number of dihydropyridines is 1. The molecule has 19 heavy (non-hydrogen) atoms. The summed E-state index contributed by atoms with van der Waals surface area (Å²) >= 11 is 0. The average molecular weight is 260 g/mol. The Bertz CT molecular complexity index is 504. The molecule has 2 unspecified atom stereocenters. The molecule has 0 aliphatic carbocycles. The lowest BCUT2D eigenvalue weighted by molar-refractivity contribution is -0.124. The van der Waals surface area contributed by atoms with E-state index in [0.29, 0.717) is 6.42 Å². The minimum absolute atomic E-state index is 0.0990. The third-order valence-electron chi connectivity index (χ3n) is 4.05. The predicted octanol–water partition coefficient (Wildman–Crippen LogP) is 0.604. The molecule has 3 aliphatic rings. The SMILES string of the molecule is CNN1C=C2CC(=O)NC(C)(C)C2C2=CC=CNC21. The number of nitrogens with zero attached hydrogens (tertiary/aromatic N) is 1. The second kappa shape index (κ2) is 4.13. The molecule has 0 aromatic rings. The zero-order valence-electron chi connectivity index (χ0n) is 11.5. The van der Waals surface area contributed by atoms with Crippen molar-refractivity contribution in [3.63, 3.8) is 0 Å². The van der Waals surface area contributed by atoms with Gasteiger partial charge in [0.1, 0.15) is 6.17 Å². The van der Waals surface area contributed by atoms with Crippen LogP contribution in [0.25, 0.3) is 0 Å². The number of nitrogens with one attached hydrogen (secondary N) is 3. The Hall–Kier alpha value is -1.75. The largest absolute Gasteiger partial charge is 0.367 e. The highest BCUT2D eigenvalue weighted by Gasteiger charge is 2.46. The van der Waals surface area contributed by atoms with Gasteiger partial charge in [0, 0.05) is 24.7 Å². The minimum atomic E-state index is -0.252. The molecule has 0 aromatic heterocycles. The molecule has 3 aliphatic heterocycles. The van der Waals surface area contributed by atoms with E-state index in [1.165, 1.54) is 11.1 Å². The molecule has 0 spiro atoms. The number of carbonyl (C=O) groups excluding carboxylic acids is 1. The van der Waals surface area contributed by atoms with Crippen molar-refractivity contribution >= 4 is 5.91 Å². The van der Waals surface area contributed by atoms with Crippen LogP contribution in [0.4, 0.5) is 0 Å². The second-order valence-electron chi connectivity index (χ2n) is 5.81. The third kappa shape index (κ3) is 1.85. The van der Waals surface area contributed by atoms with Gasteiger partial charge in [0.25, 0.3) is 0 Å². The van der Waals surface area contributed by atoms with Crippen LogP contribution in [0.3, 0.4) is 0 Å². The van der Waals surface area contributed by atoms with Gasteiger partial charge in [0.05, 0.1) is 6.42 Å². The van der Waals surface area contributed by atoms with E-state index in [2.05, 4.69) is 42.2 Å². The zero-order chi connectivity index (χ0) is 13.6. The molecule has 2 atom stereocenters. The van der Waals surface area contributed by atoms with E-state index in [-0.39, 0.29) is 23.5 Å². The van der Waals surface area contributed by atoms with Crippen molar-refractivity contribution in [1.29, 1.82) is 0 Å². The number of allylic oxidation sites excluding steroid dienone is 2. The molecule has 3 rings (SSSR count). The van der Waals surface area contributed by atoms with E-state index in [1.807, 2.05) is 24.3 Å². The molecular weight excluding hydrogens is 240 g/mol. The lowest BCUT2D eigenvalue weighted by atomic mass is 9.70. The van der Waals surface area contributed by atoms with E-state index in [1.54, 1.807) is 0 Å². The Morgan fingerprint density at radius 3 is 3.00 bits per heavy atom. The fourth-order valence-electron chi connectivity index (χ4n) is 3.41. The number of rotatable bonds is 1. The van der Waals surface area contributed by atoms with Crippen molar-refractivity contribution in [3.8, 4) is 0 Å². The van der Waals surface area contributed by atoms with Crippen LogP contribution >= 0.6 is 0 Å². The van der Waals surface area contributed by atoms with Crippen molar-refractivity contribution < 1.29 is 4.79 Å². The van der Waals surface area contributed by atoms with E-state index < -0.39 is 0 Å². The second-order valence-corrected chi connectivity index (χ2v) is 5.81. The Kier molecular flexibility index (Phi) is 2.67. The first kappa shape index (κ1) is 12.3. The van der Waals surface area contributed by atoms with Gasteiger partial charge in [0.2, 0.25) is 5.91 Å². The summed E-state index contributed by atoms with van der Waals surface area (Å²) in [5.74, 6) is 0.346. The summed E-state index contributed by atoms with van der Waals surface area (Å²) in [6.45, 7) is 4.18. The summed E-state index contributed by atoms with van der Waals surface area (Å²) < 4.78 is 0. The molecule has 0 aromatic carbocycles. The van der Waals surface area contributed by atoms with Crippen LogP contribution in [0.2, 0.25) is 0 Å². The summed E-state index contributed by atoms with van der Waals surface area (Å²) in [5, 5.41) is 8.49. The Labute approximate surface area is 113 Å². The maximum atomic E-state index is 11.8. The van der Waals surface area contributed by atoms with Crippen LogP contribution in [-0.4, -0.2) is 29.7 Å². The molecule has 3 heterocycles. The van der Waals surface area contributed by atoms with Crippen LogP contribution in [0.1, 0.15) is 20.3 Å². The number of hydrazine groups is 1. The van der Waals surface area contributed by atoms with Crippen molar-refractivity contribution in [3.05, 3.63) is 35.7 Å². The lowest BCUT2D eigenvalue weighted by Gasteiger charge is -2.50. The first-order valence-electron chi connectivity index (χ1n) is 6.63. The number of amides is 1. The van der Waals surface area contributed by atoms with Crippen molar-refractivity contribution in [2.24, 2.45) is 5.92 Å². The molecule has 5 nitrogen and oxygen atoms in total. The highest BCUT2D eigenvalue weighted by Crippen LogP contribution is 2.42. The van der Waals surface area contributed by atoms with Crippen molar-refractivity contribution in [1.82, 2.24) is 21.1 Å². The fourth-order valence-corrected chi connectivity index (χ4v) is 3.41. The topological polar surface area (TPSA) is 56.4 Å². The summed E-state index contributed by atoms with van der Waals surface area (Å²) in [6.07, 6.45) is 8.78. The molecule has 1 amide bonds. The minimum Gasteiger partial charge on any atom is -0.367 e. The quantitative estimate of drug-likeness (QED) is 0.646. The zero-order valence-corrected chi connectivity index (χ0v) is 11.5. The van der Waals surface area contributed by atoms with Gasteiger partial charge >= 0.3 is 0 Å². The van der Waals surface area contributed by atoms with E-state index in [0.717, 1.165) is 0 Å². The number of piperidine rings is 1. The van der Waals surface area contributed by atoms with Gasteiger partial charge in [-0.05, 0) is 37.3 Å². The molecule has 5 heteroatoms. The molecular formula is C14H20N4O. The molecule has 0 bridgehead atoms. The van der Waals surface area contributed by atoms with E-state index in [4.69, 9.17) is 0 Å². The van der Waals surface area contributed by atoms with Gasteiger partial charge in [-0.2, -0.15) is 0 Å². The van der Waals surface area contributed by atoms with Crippen molar-refractivity contribution in [2.45, 2.75) is 32.0 Å². The number of carbonyl (C=O) groups is 1. The molecule has 1 saturated heterocycles. The van der Waals surface area contributed by atoms with E-state index >= 15 is 0 Å². The fraction of sp³-hybridized carbons (Fsp3) is 0.500. The Morgan fingerprint density at radius 2 is 2.26 bits per heavy atom. The normalized spacial score (nSPS) is 31.5. The van der Waals surface area contributed by atoms with Crippen LogP contribution in [0, 0.1) is 5.92 Å². The van der Waals surface area contributed by atoms with Gasteiger partial charge in [-0.3, -0.25) is 9.80 Å². The molecule has 102 valence electrons. The van der Waals surface area contributed by atoms with Gasteiger partial charge in [0.15, 0.2) is 0 Å². The maximum Gasteiger partial charge on any atom is 0.224 e. The van der Waals surface area contributed by atoms with Crippen molar-refractivity contribution in [2.75, 3.05) is 7.05 Å². The lowest BCUT2D eigenvalue weighted by Crippen LogP contribution is -2.61.